The Hall–Kier alpha value is -2.10. The molecule has 0 unspecified atom stereocenters. The zero-order chi connectivity index (χ0) is 20.9. The maximum atomic E-state index is 13.3. The minimum Gasteiger partial charge on any atom is -0.497 e. The highest BCUT2D eigenvalue weighted by Crippen LogP contribution is 2.40. The highest BCUT2D eigenvalue weighted by atomic mass is 32.2. The third kappa shape index (κ3) is 5.74. The third-order valence-corrected chi connectivity index (χ3v) is 7.93. The summed E-state index contributed by atoms with van der Waals surface area (Å²) in [6.45, 7) is 0. The number of nitrogens with zero attached hydrogens (tertiary/aromatic N) is 2. The molecule has 1 saturated carbocycles. The molecule has 30 heavy (non-hydrogen) atoms. The molecule has 4 rings (SSSR count). The summed E-state index contributed by atoms with van der Waals surface area (Å²) < 4.78 is 20.1. The third-order valence-electron chi connectivity index (χ3n) is 4.46. The Bertz CT molecular complexity index is 991. The van der Waals surface area contributed by atoms with Gasteiger partial charge in [-0.05, 0) is 48.2 Å². The average molecular weight is 462 g/mol. The predicted molar refractivity (Wildman–Crippen MR) is 119 cm³/mol. The van der Waals surface area contributed by atoms with E-state index in [4.69, 9.17) is 4.74 Å². The van der Waals surface area contributed by atoms with E-state index in [1.54, 1.807) is 31.0 Å². The number of benzene rings is 2. The summed E-state index contributed by atoms with van der Waals surface area (Å²) in [5, 5.41) is 11.1. The standard InChI is InChI=1S/C21H20FN3O2S3/c1-27-17-10-2-13(3-11-17)12-28-20-24-25-21(30-20)29-18(19(26)23-16-8-9-16)14-4-6-15(22)7-5-14/h2-7,10-11,16,18H,8-9,12H2,1H3,(H,23,26)/t18-/m0/s1. The van der Waals surface area contributed by atoms with Gasteiger partial charge < -0.3 is 10.1 Å². The van der Waals surface area contributed by atoms with Crippen molar-refractivity contribution in [1.82, 2.24) is 15.5 Å². The van der Waals surface area contributed by atoms with Crippen molar-refractivity contribution in [3.8, 4) is 5.75 Å². The van der Waals surface area contributed by atoms with E-state index in [0.717, 1.165) is 34.2 Å². The molecule has 0 radical (unpaired) electrons. The summed E-state index contributed by atoms with van der Waals surface area (Å²) >= 11 is 4.42. The van der Waals surface area contributed by atoms with Crippen LogP contribution >= 0.6 is 34.9 Å². The Labute approximate surface area is 186 Å². The van der Waals surface area contributed by atoms with E-state index in [9.17, 15) is 9.18 Å². The number of nitrogens with one attached hydrogen (secondary N) is 1. The van der Waals surface area contributed by atoms with Gasteiger partial charge in [0.1, 0.15) is 16.8 Å². The van der Waals surface area contributed by atoms with Crippen LogP contribution in [0.2, 0.25) is 0 Å². The van der Waals surface area contributed by atoms with Crippen LogP contribution in [0, 0.1) is 5.82 Å². The summed E-state index contributed by atoms with van der Waals surface area (Å²) in [6, 6.07) is 14.2. The number of carbonyl (C=O) groups excluding carboxylic acids is 1. The number of halogens is 1. The van der Waals surface area contributed by atoms with Crippen LogP contribution in [0.1, 0.15) is 29.2 Å². The van der Waals surface area contributed by atoms with E-state index >= 15 is 0 Å². The Morgan fingerprint density at radius 1 is 1.17 bits per heavy atom. The fraction of sp³-hybridized carbons (Fsp3) is 0.286. The van der Waals surface area contributed by atoms with E-state index in [2.05, 4.69) is 15.5 Å². The van der Waals surface area contributed by atoms with Crippen LogP contribution in [0.3, 0.4) is 0 Å². The number of methoxy groups -OCH3 is 1. The Balaban J connectivity index is 1.41. The zero-order valence-electron chi connectivity index (χ0n) is 16.2. The lowest BCUT2D eigenvalue weighted by Gasteiger charge is -2.15. The number of ether oxygens (including phenoxy) is 1. The van der Waals surface area contributed by atoms with Gasteiger partial charge in [-0.1, -0.05) is 59.1 Å². The van der Waals surface area contributed by atoms with Crippen molar-refractivity contribution >= 4 is 40.8 Å². The van der Waals surface area contributed by atoms with Crippen LogP contribution in [0.5, 0.6) is 5.75 Å². The van der Waals surface area contributed by atoms with E-state index in [0.29, 0.717) is 4.34 Å². The van der Waals surface area contributed by atoms with Crippen molar-refractivity contribution in [2.24, 2.45) is 0 Å². The number of amides is 1. The van der Waals surface area contributed by atoms with Crippen LogP contribution in [0.15, 0.2) is 57.2 Å². The van der Waals surface area contributed by atoms with Crippen molar-refractivity contribution in [2.75, 3.05) is 7.11 Å². The first-order valence-electron chi connectivity index (χ1n) is 9.42. The molecule has 2 aromatic carbocycles. The fourth-order valence-corrected chi connectivity index (χ4v) is 5.86. The Kier molecular flexibility index (Phi) is 6.91. The molecule has 1 atom stereocenters. The van der Waals surface area contributed by atoms with Crippen molar-refractivity contribution in [1.29, 1.82) is 0 Å². The van der Waals surface area contributed by atoms with Gasteiger partial charge in [-0.2, -0.15) is 0 Å². The highest BCUT2D eigenvalue weighted by Gasteiger charge is 2.30. The van der Waals surface area contributed by atoms with E-state index in [1.807, 2.05) is 24.3 Å². The van der Waals surface area contributed by atoms with Crippen molar-refractivity contribution in [3.05, 3.63) is 65.5 Å². The summed E-state index contributed by atoms with van der Waals surface area (Å²) in [5.41, 5.74) is 1.92. The van der Waals surface area contributed by atoms with Gasteiger partial charge in [0.05, 0.1) is 7.11 Å². The van der Waals surface area contributed by atoms with Gasteiger partial charge in [-0.3, -0.25) is 4.79 Å². The molecule has 1 amide bonds. The molecule has 9 heteroatoms. The van der Waals surface area contributed by atoms with Gasteiger partial charge >= 0.3 is 0 Å². The number of hydrogen-bond acceptors (Lipinski definition) is 7. The lowest BCUT2D eigenvalue weighted by Crippen LogP contribution is -2.29. The second kappa shape index (κ2) is 9.80. The first-order chi connectivity index (χ1) is 14.6. The largest absolute Gasteiger partial charge is 0.497 e. The lowest BCUT2D eigenvalue weighted by atomic mass is 10.1. The summed E-state index contributed by atoms with van der Waals surface area (Å²) in [5.74, 6) is 1.21. The van der Waals surface area contributed by atoms with Crippen LogP contribution in [0.4, 0.5) is 4.39 Å². The molecule has 1 aliphatic rings. The number of rotatable bonds is 9. The normalized spacial score (nSPS) is 14.3. The molecule has 1 N–H and O–H groups in total. The molecule has 3 aromatic rings. The zero-order valence-corrected chi connectivity index (χ0v) is 18.7. The van der Waals surface area contributed by atoms with Gasteiger partial charge in [0.2, 0.25) is 5.91 Å². The molecule has 0 saturated heterocycles. The maximum absolute atomic E-state index is 13.3. The number of thioether (sulfide) groups is 2. The molecule has 156 valence electrons. The van der Waals surface area contributed by atoms with Gasteiger partial charge in [-0.15, -0.1) is 10.2 Å². The number of carbonyl (C=O) groups is 1. The Morgan fingerprint density at radius 3 is 2.53 bits per heavy atom. The molecular formula is C21H20FN3O2S3. The minimum atomic E-state index is -0.487. The van der Waals surface area contributed by atoms with Gasteiger partial charge in [0, 0.05) is 11.8 Å². The smallest absolute Gasteiger partial charge is 0.238 e. The highest BCUT2D eigenvalue weighted by molar-refractivity contribution is 8.03. The van der Waals surface area contributed by atoms with Gasteiger partial charge in [0.15, 0.2) is 8.68 Å². The van der Waals surface area contributed by atoms with E-state index < -0.39 is 5.25 Å². The topological polar surface area (TPSA) is 64.1 Å². The Morgan fingerprint density at radius 2 is 1.87 bits per heavy atom. The molecular weight excluding hydrogens is 441 g/mol. The molecule has 0 spiro atoms. The number of hydrogen-bond donors (Lipinski definition) is 1. The van der Waals surface area contributed by atoms with Crippen molar-refractivity contribution in [2.45, 2.75) is 38.6 Å². The first-order valence-corrected chi connectivity index (χ1v) is 12.1. The second-order valence-electron chi connectivity index (χ2n) is 6.80. The fourth-order valence-electron chi connectivity index (χ4n) is 2.69. The predicted octanol–water partition coefficient (Wildman–Crippen LogP) is 5.09. The average Bonchev–Trinajstić information content (AvgIpc) is 3.46. The van der Waals surface area contributed by atoms with Crippen LogP contribution in [-0.4, -0.2) is 29.3 Å². The molecule has 0 bridgehead atoms. The molecule has 1 heterocycles. The van der Waals surface area contributed by atoms with Crippen molar-refractivity contribution < 1.29 is 13.9 Å². The van der Waals surface area contributed by atoms with Crippen LogP contribution in [-0.2, 0) is 10.5 Å². The molecule has 5 nitrogen and oxygen atoms in total. The van der Waals surface area contributed by atoms with Crippen molar-refractivity contribution in [3.63, 3.8) is 0 Å². The van der Waals surface area contributed by atoms with Crippen LogP contribution < -0.4 is 10.1 Å². The van der Waals surface area contributed by atoms with Gasteiger partial charge in [0.25, 0.3) is 0 Å². The summed E-state index contributed by atoms with van der Waals surface area (Å²) in [4.78, 5) is 12.8. The molecule has 1 aromatic heterocycles. The number of aromatic nitrogens is 2. The minimum absolute atomic E-state index is 0.0725. The molecule has 1 fully saturated rings. The van der Waals surface area contributed by atoms with Gasteiger partial charge in [-0.25, -0.2) is 4.39 Å². The maximum Gasteiger partial charge on any atom is 0.238 e. The monoisotopic (exact) mass is 461 g/mol. The molecule has 0 aliphatic heterocycles. The van der Waals surface area contributed by atoms with Crippen LogP contribution in [0.25, 0.3) is 0 Å². The molecule has 1 aliphatic carbocycles. The quantitative estimate of drug-likeness (QED) is 0.448. The SMILES string of the molecule is COc1ccc(CSc2nnc(S[C@H](C(=O)NC3CC3)c3ccc(F)cc3)s2)cc1. The van der Waals surface area contributed by atoms with E-state index in [-0.39, 0.29) is 17.8 Å². The second-order valence-corrected chi connectivity index (χ2v) is 10.4. The summed E-state index contributed by atoms with van der Waals surface area (Å²) in [7, 11) is 1.65. The first kappa shape index (κ1) is 21.1. The lowest BCUT2D eigenvalue weighted by molar-refractivity contribution is -0.120. The van der Waals surface area contributed by atoms with E-state index in [1.165, 1.54) is 40.8 Å². The summed E-state index contributed by atoms with van der Waals surface area (Å²) in [6.07, 6.45) is 2.02.